The van der Waals surface area contributed by atoms with Crippen molar-refractivity contribution in [3.8, 4) is 0 Å². The average Bonchev–Trinajstić information content (AvgIpc) is 2.75. The number of carbonyl (C=O) groups is 1. The van der Waals surface area contributed by atoms with Crippen LogP contribution >= 0.6 is 0 Å². The summed E-state index contributed by atoms with van der Waals surface area (Å²) in [6.07, 6.45) is 10.1. The predicted molar refractivity (Wildman–Crippen MR) is 86.0 cm³/mol. The van der Waals surface area contributed by atoms with Gasteiger partial charge in [0.15, 0.2) is 0 Å². The number of rotatable bonds is 2. The van der Waals surface area contributed by atoms with Crippen LogP contribution in [0.3, 0.4) is 0 Å². The summed E-state index contributed by atoms with van der Waals surface area (Å²) in [5.41, 5.74) is 0. The first-order valence-corrected chi connectivity index (χ1v) is 9.20. The molecule has 3 aliphatic rings. The molecule has 1 N–H and O–H groups in total. The standard InChI is InChI=1S/C18H32N2O/c1-13(2)14-7-5-10-20(11-9-14)18(21)17-12-15-6-3-4-8-16(15)19-17/h13-17,19H,3-12H2,1-2H3. The molecule has 21 heavy (non-hydrogen) atoms. The van der Waals surface area contributed by atoms with Crippen LogP contribution in [0, 0.1) is 17.8 Å². The molecule has 2 heterocycles. The summed E-state index contributed by atoms with van der Waals surface area (Å²) >= 11 is 0. The van der Waals surface area contributed by atoms with Gasteiger partial charge in [-0.25, -0.2) is 0 Å². The highest BCUT2D eigenvalue weighted by atomic mass is 16.2. The lowest BCUT2D eigenvalue weighted by molar-refractivity contribution is -0.133. The van der Waals surface area contributed by atoms with Crippen LogP contribution in [0.4, 0.5) is 0 Å². The zero-order valence-electron chi connectivity index (χ0n) is 13.8. The van der Waals surface area contributed by atoms with E-state index in [0.717, 1.165) is 37.3 Å². The second-order valence-corrected chi connectivity index (χ2v) is 7.87. The molecule has 3 nitrogen and oxygen atoms in total. The van der Waals surface area contributed by atoms with Crippen molar-refractivity contribution < 1.29 is 4.79 Å². The molecule has 1 aliphatic carbocycles. The number of carbonyl (C=O) groups excluding carboxylic acids is 1. The summed E-state index contributed by atoms with van der Waals surface area (Å²) in [6, 6.07) is 0.747. The fraction of sp³-hybridized carbons (Fsp3) is 0.944. The maximum Gasteiger partial charge on any atom is 0.239 e. The monoisotopic (exact) mass is 292 g/mol. The van der Waals surface area contributed by atoms with E-state index in [9.17, 15) is 4.79 Å². The molecule has 3 rings (SSSR count). The Bertz CT molecular complexity index is 354. The molecule has 2 saturated heterocycles. The van der Waals surface area contributed by atoms with Gasteiger partial charge in [0, 0.05) is 19.1 Å². The van der Waals surface area contributed by atoms with Crippen LogP contribution in [0.25, 0.3) is 0 Å². The highest BCUT2D eigenvalue weighted by Crippen LogP contribution is 2.34. The fourth-order valence-electron chi connectivity index (χ4n) is 4.74. The molecule has 0 spiro atoms. The minimum absolute atomic E-state index is 0.119. The van der Waals surface area contributed by atoms with Crippen LogP contribution in [0.1, 0.15) is 65.2 Å². The van der Waals surface area contributed by atoms with Gasteiger partial charge in [-0.2, -0.15) is 0 Å². The van der Waals surface area contributed by atoms with Crippen LogP contribution in [0.5, 0.6) is 0 Å². The predicted octanol–water partition coefficient (Wildman–Crippen LogP) is 3.19. The Morgan fingerprint density at radius 2 is 1.86 bits per heavy atom. The molecule has 1 amide bonds. The molecule has 4 unspecified atom stereocenters. The van der Waals surface area contributed by atoms with Crippen molar-refractivity contribution in [2.24, 2.45) is 17.8 Å². The number of hydrogen-bond donors (Lipinski definition) is 1. The summed E-state index contributed by atoms with van der Waals surface area (Å²) in [5, 5.41) is 3.65. The molecule has 2 aliphatic heterocycles. The van der Waals surface area contributed by atoms with E-state index >= 15 is 0 Å². The normalized spacial score (nSPS) is 37.4. The molecule has 120 valence electrons. The fourth-order valence-corrected chi connectivity index (χ4v) is 4.74. The molecule has 0 aromatic rings. The van der Waals surface area contributed by atoms with Crippen LogP contribution in [-0.4, -0.2) is 36.0 Å². The number of fused-ring (bicyclic) bond motifs is 1. The van der Waals surface area contributed by atoms with Gasteiger partial charge < -0.3 is 10.2 Å². The lowest BCUT2D eigenvalue weighted by Crippen LogP contribution is -2.45. The first-order valence-electron chi connectivity index (χ1n) is 9.20. The first kappa shape index (κ1) is 15.3. The van der Waals surface area contributed by atoms with Crippen molar-refractivity contribution in [3.63, 3.8) is 0 Å². The number of nitrogens with zero attached hydrogens (tertiary/aromatic N) is 1. The molecular weight excluding hydrogens is 260 g/mol. The van der Waals surface area contributed by atoms with E-state index < -0.39 is 0 Å². The zero-order chi connectivity index (χ0) is 14.8. The van der Waals surface area contributed by atoms with Crippen molar-refractivity contribution >= 4 is 5.91 Å². The maximum atomic E-state index is 12.8. The number of nitrogens with one attached hydrogen (secondary N) is 1. The van der Waals surface area contributed by atoms with E-state index in [1.165, 1.54) is 44.9 Å². The van der Waals surface area contributed by atoms with Gasteiger partial charge in [0.2, 0.25) is 5.91 Å². The molecule has 0 radical (unpaired) electrons. The van der Waals surface area contributed by atoms with Gasteiger partial charge in [-0.15, -0.1) is 0 Å². The van der Waals surface area contributed by atoms with E-state index in [1.807, 2.05) is 0 Å². The quantitative estimate of drug-likeness (QED) is 0.847. The van der Waals surface area contributed by atoms with Gasteiger partial charge in [-0.3, -0.25) is 4.79 Å². The number of amides is 1. The number of hydrogen-bond acceptors (Lipinski definition) is 2. The lowest BCUT2D eigenvalue weighted by Gasteiger charge is -2.25. The van der Waals surface area contributed by atoms with E-state index in [4.69, 9.17) is 0 Å². The highest BCUT2D eigenvalue weighted by molar-refractivity contribution is 5.82. The lowest BCUT2D eigenvalue weighted by atomic mass is 9.85. The van der Waals surface area contributed by atoms with Gasteiger partial charge >= 0.3 is 0 Å². The van der Waals surface area contributed by atoms with Gasteiger partial charge in [-0.1, -0.05) is 26.7 Å². The second-order valence-electron chi connectivity index (χ2n) is 7.87. The van der Waals surface area contributed by atoms with Crippen molar-refractivity contribution in [2.75, 3.05) is 13.1 Å². The molecule has 0 aromatic heterocycles. The van der Waals surface area contributed by atoms with E-state index in [2.05, 4.69) is 24.1 Å². The molecule has 4 atom stereocenters. The van der Waals surface area contributed by atoms with Crippen molar-refractivity contribution in [3.05, 3.63) is 0 Å². The third-order valence-corrected chi connectivity index (χ3v) is 6.19. The highest BCUT2D eigenvalue weighted by Gasteiger charge is 2.39. The molecular formula is C18H32N2O. The Hall–Kier alpha value is -0.570. The SMILES string of the molecule is CC(C)C1CCCN(C(=O)C2CC3CCCCC3N2)CC1. The number of likely N-dealkylation sites (tertiary alicyclic amines) is 1. The molecule has 0 aromatic carbocycles. The molecule has 1 saturated carbocycles. The van der Waals surface area contributed by atoms with Crippen LogP contribution in [0.15, 0.2) is 0 Å². The summed E-state index contributed by atoms with van der Waals surface area (Å²) < 4.78 is 0. The topological polar surface area (TPSA) is 32.3 Å². The minimum Gasteiger partial charge on any atom is -0.341 e. The van der Waals surface area contributed by atoms with Crippen molar-refractivity contribution in [1.29, 1.82) is 0 Å². The zero-order valence-corrected chi connectivity index (χ0v) is 13.8. The van der Waals surface area contributed by atoms with Crippen LogP contribution in [-0.2, 0) is 4.79 Å². The largest absolute Gasteiger partial charge is 0.341 e. The van der Waals surface area contributed by atoms with Crippen LogP contribution in [0.2, 0.25) is 0 Å². The average molecular weight is 292 g/mol. The van der Waals surface area contributed by atoms with Gasteiger partial charge in [0.1, 0.15) is 0 Å². The minimum atomic E-state index is 0.119. The summed E-state index contributed by atoms with van der Waals surface area (Å²) in [5.74, 6) is 2.73. The molecule has 3 heteroatoms. The van der Waals surface area contributed by atoms with Gasteiger partial charge in [-0.05, 0) is 56.3 Å². The van der Waals surface area contributed by atoms with E-state index in [1.54, 1.807) is 0 Å². The summed E-state index contributed by atoms with van der Waals surface area (Å²) in [7, 11) is 0. The Labute approximate surface area is 129 Å². The maximum absolute atomic E-state index is 12.8. The molecule has 3 fully saturated rings. The third kappa shape index (κ3) is 3.44. The Morgan fingerprint density at radius 3 is 2.62 bits per heavy atom. The third-order valence-electron chi connectivity index (χ3n) is 6.19. The first-order chi connectivity index (χ1) is 10.1. The van der Waals surface area contributed by atoms with Gasteiger partial charge in [0.05, 0.1) is 6.04 Å². The van der Waals surface area contributed by atoms with E-state index in [-0.39, 0.29) is 6.04 Å². The smallest absolute Gasteiger partial charge is 0.239 e. The Kier molecular flexibility index (Phi) is 4.88. The molecule has 0 bridgehead atoms. The second kappa shape index (κ2) is 6.68. The van der Waals surface area contributed by atoms with E-state index in [0.29, 0.717) is 11.9 Å². The summed E-state index contributed by atoms with van der Waals surface area (Å²) in [6.45, 7) is 6.61. The van der Waals surface area contributed by atoms with Crippen molar-refractivity contribution in [2.45, 2.75) is 77.3 Å². The Morgan fingerprint density at radius 1 is 1.05 bits per heavy atom. The Balaban J connectivity index is 1.55. The van der Waals surface area contributed by atoms with Crippen molar-refractivity contribution in [1.82, 2.24) is 10.2 Å². The van der Waals surface area contributed by atoms with Gasteiger partial charge in [0.25, 0.3) is 0 Å². The summed E-state index contributed by atoms with van der Waals surface area (Å²) in [4.78, 5) is 15.0. The van der Waals surface area contributed by atoms with Crippen LogP contribution < -0.4 is 5.32 Å².